The summed E-state index contributed by atoms with van der Waals surface area (Å²) in [6.45, 7) is 3.97. The lowest BCUT2D eigenvalue weighted by atomic mass is 10.2. The van der Waals surface area contributed by atoms with Crippen LogP contribution in [0.3, 0.4) is 0 Å². The van der Waals surface area contributed by atoms with Gasteiger partial charge in [0.1, 0.15) is 5.82 Å². The second kappa shape index (κ2) is 7.72. The second-order valence-electron chi connectivity index (χ2n) is 5.41. The molecule has 0 radical (unpaired) electrons. The number of hydrogen-bond acceptors (Lipinski definition) is 6. The summed E-state index contributed by atoms with van der Waals surface area (Å²) in [4.78, 5) is 22.2. The Morgan fingerprint density at radius 3 is 3.05 bits per heavy atom. The molecule has 0 unspecified atom stereocenters. The van der Waals surface area contributed by atoms with E-state index in [2.05, 4.69) is 15.2 Å². The van der Waals surface area contributed by atoms with Gasteiger partial charge < -0.3 is 19.9 Å². The molecular weight excluding hydrogens is 288 g/mol. The number of ether oxygens (including phenoxy) is 1. The van der Waals surface area contributed by atoms with Crippen LogP contribution in [0.25, 0.3) is 0 Å². The molecule has 2 rings (SSSR count). The third-order valence-electron chi connectivity index (χ3n) is 3.41. The maximum atomic E-state index is 12.1. The van der Waals surface area contributed by atoms with Gasteiger partial charge in [-0.3, -0.25) is 4.79 Å². The highest BCUT2D eigenvalue weighted by atomic mass is 32.1. The van der Waals surface area contributed by atoms with Crippen LogP contribution in [-0.4, -0.2) is 69.8 Å². The smallest absolute Gasteiger partial charge is 0.280 e. The first-order valence-electron chi connectivity index (χ1n) is 7.28. The number of anilines is 1. The molecule has 0 saturated heterocycles. The zero-order valence-corrected chi connectivity index (χ0v) is 13.8. The fourth-order valence-electron chi connectivity index (χ4n) is 2.27. The lowest BCUT2D eigenvalue weighted by Gasteiger charge is -2.26. The van der Waals surface area contributed by atoms with Gasteiger partial charge in [0.15, 0.2) is 5.01 Å². The number of nitrogens with one attached hydrogen (secondary N) is 1. The molecule has 118 valence electrons. The number of rotatable bonds is 7. The van der Waals surface area contributed by atoms with Gasteiger partial charge in [0, 0.05) is 38.2 Å². The van der Waals surface area contributed by atoms with E-state index < -0.39 is 0 Å². The van der Waals surface area contributed by atoms with Crippen molar-refractivity contribution in [3.8, 4) is 0 Å². The molecule has 1 N–H and O–H groups in total. The SMILES string of the molecule is COCCN1CCCc2sc(C(=O)NCCN(C)C)nc21. The average Bonchev–Trinajstić information content (AvgIpc) is 2.89. The Bertz CT molecular complexity index is 476. The lowest BCUT2D eigenvalue weighted by molar-refractivity contribution is 0.0950. The number of carbonyl (C=O) groups excluding carboxylic acids is 1. The van der Waals surface area contributed by atoms with Crippen LogP contribution in [0.15, 0.2) is 0 Å². The molecule has 0 fully saturated rings. The van der Waals surface area contributed by atoms with Crippen molar-refractivity contribution in [2.75, 3.05) is 58.9 Å². The van der Waals surface area contributed by atoms with Crippen molar-refractivity contribution in [2.24, 2.45) is 0 Å². The summed E-state index contributed by atoms with van der Waals surface area (Å²) in [6, 6.07) is 0. The van der Waals surface area contributed by atoms with Crippen LogP contribution >= 0.6 is 11.3 Å². The second-order valence-corrected chi connectivity index (χ2v) is 6.49. The predicted octanol–water partition coefficient (Wildman–Crippen LogP) is 0.834. The van der Waals surface area contributed by atoms with Crippen LogP contribution in [0, 0.1) is 0 Å². The minimum atomic E-state index is -0.0667. The van der Waals surface area contributed by atoms with Gasteiger partial charge in [-0.25, -0.2) is 4.98 Å². The van der Waals surface area contributed by atoms with E-state index in [-0.39, 0.29) is 5.91 Å². The van der Waals surface area contributed by atoms with E-state index in [0.29, 0.717) is 18.2 Å². The molecule has 6 nitrogen and oxygen atoms in total. The molecule has 1 aromatic rings. The Morgan fingerprint density at radius 2 is 2.33 bits per heavy atom. The molecule has 0 saturated carbocycles. The minimum absolute atomic E-state index is 0.0667. The van der Waals surface area contributed by atoms with Crippen molar-refractivity contribution in [1.29, 1.82) is 0 Å². The summed E-state index contributed by atoms with van der Waals surface area (Å²) in [6.07, 6.45) is 2.13. The maximum Gasteiger partial charge on any atom is 0.280 e. The lowest BCUT2D eigenvalue weighted by Crippen LogP contribution is -2.33. The number of aromatic nitrogens is 1. The van der Waals surface area contributed by atoms with Crippen LogP contribution in [0.5, 0.6) is 0 Å². The van der Waals surface area contributed by atoms with E-state index in [9.17, 15) is 4.79 Å². The van der Waals surface area contributed by atoms with Crippen molar-refractivity contribution < 1.29 is 9.53 Å². The quantitative estimate of drug-likeness (QED) is 0.808. The number of thiazole rings is 1. The Kier molecular flexibility index (Phi) is 5.96. The van der Waals surface area contributed by atoms with Crippen LogP contribution in [0.1, 0.15) is 21.1 Å². The Hall–Kier alpha value is -1.18. The van der Waals surface area contributed by atoms with Crippen molar-refractivity contribution >= 4 is 23.1 Å². The Labute approximate surface area is 130 Å². The van der Waals surface area contributed by atoms with Gasteiger partial charge in [-0.1, -0.05) is 0 Å². The van der Waals surface area contributed by atoms with Crippen LogP contribution in [-0.2, 0) is 11.2 Å². The van der Waals surface area contributed by atoms with Gasteiger partial charge >= 0.3 is 0 Å². The molecule has 1 aliphatic heterocycles. The molecule has 2 heterocycles. The number of fused-ring (bicyclic) bond motifs is 1. The average molecular weight is 312 g/mol. The fraction of sp³-hybridized carbons (Fsp3) is 0.714. The van der Waals surface area contributed by atoms with E-state index >= 15 is 0 Å². The summed E-state index contributed by atoms with van der Waals surface area (Å²) in [5.41, 5.74) is 0. The summed E-state index contributed by atoms with van der Waals surface area (Å²) < 4.78 is 5.14. The number of methoxy groups -OCH3 is 1. The number of nitrogens with zero attached hydrogens (tertiary/aromatic N) is 3. The van der Waals surface area contributed by atoms with Gasteiger partial charge in [-0.15, -0.1) is 11.3 Å². The first kappa shape index (κ1) is 16.2. The van der Waals surface area contributed by atoms with E-state index in [1.165, 1.54) is 16.2 Å². The topological polar surface area (TPSA) is 57.7 Å². The van der Waals surface area contributed by atoms with E-state index in [1.54, 1.807) is 7.11 Å². The van der Waals surface area contributed by atoms with Crippen LogP contribution in [0.4, 0.5) is 5.82 Å². The number of amides is 1. The standard InChI is InChI=1S/C14H24N4O2S/c1-17(2)8-6-15-13(19)14-16-12-11(21-14)5-4-7-18(12)9-10-20-3/h4-10H2,1-3H3,(H,15,19). The normalized spacial score (nSPS) is 14.4. The zero-order chi connectivity index (χ0) is 15.2. The largest absolute Gasteiger partial charge is 0.383 e. The number of carbonyl (C=O) groups is 1. The maximum absolute atomic E-state index is 12.1. The number of likely N-dealkylation sites (N-methyl/N-ethyl adjacent to an activating group) is 1. The zero-order valence-electron chi connectivity index (χ0n) is 13.0. The van der Waals surface area contributed by atoms with Gasteiger partial charge in [0.05, 0.1) is 6.61 Å². The molecule has 0 bridgehead atoms. The van der Waals surface area contributed by atoms with E-state index in [0.717, 1.165) is 38.3 Å². The van der Waals surface area contributed by atoms with Gasteiger partial charge in [0.25, 0.3) is 5.91 Å². The molecule has 21 heavy (non-hydrogen) atoms. The molecule has 1 aliphatic rings. The molecule has 1 amide bonds. The summed E-state index contributed by atoms with van der Waals surface area (Å²) >= 11 is 1.52. The molecule has 0 atom stereocenters. The van der Waals surface area contributed by atoms with E-state index in [4.69, 9.17) is 4.74 Å². The highest BCUT2D eigenvalue weighted by Gasteiger charge is 2.23. The monoisotopic (exact) mass is 312 g/mol. The summed E-state index contributed by atoms with van der Waals surface area (Å²) in [5.74, 6) is 0.906. The Balaban J connectivity index is 1.99. The van der Waals surface area contributed by atoms with Gasteiger partial charge in [-0.2, -0.15) is 0 Å². The highest BCUT2D eigenvalue weighted by Crippen LogP contribution is 2.31. The first-order chi connectivity index (χ1) is 10.1. The van der Waals surface area contributed by atoms with Crippen LogP contribution < -0.4 is 10.2 Å². The molecule has 7 heteroatoms. The molecule has 0 spiro atoms. The van der Waals surface area contributed by atoms with Crippen molar-refractivity contribution in [3.05, 3.63) is 9.88 Å². The fourth-order valence-corrected chi connectivity index (χ4v) is 3.32. The number of hydrogen-bond donors (Lipinski definition) is 1. The first-order valence-corrected chi connectivity index (χ1v) is 8.10. The highest BCUT2D eigenvalue weighted by molar-refractivity contribution is 7.14. The summed E-state index contributed by atoms with van der Waals surface area (Å²) in [7, 11) is 5.68. The predicted molar refractivity (Wildman–Crippen MR) is 85.4 cm³/mol. The number of aryl methyl sites for hydroxylation is 1. The summed E-state index contributed by atoms with van der Waals surface area (Å²) in [5, 5.41) is 3.49. The van der Waals surface area contributed by atoms with Gasteiger partial charge in [0.2, 0.25) is 0 Å². The molecule has 1 aromatic heterocycles. The van der Waals surface area contributed by atoms with Crippen molar-refractivity contribution in [3.63, 3.8) is 0 Å². The van der Waals surface area contributed by atoms with Crippen molar-refractivity contribution in [2.45, 2.75) is 12.8 Å². The molecule has 0 aliphatic carbocycles. The Morgan fingerprint density at radius 1 is 1.52 bits per heavy atom. The minimum Gasteiger partial charge on any atom is -0.383 e. The van der Waals surface area contributed by atoms with Crippen LogP contribution in [0.2, 0.25) is 0 Å². The van der Waals surface area contributed by atoms with Gasteiger partial charge in [-0.05, 0) is 26.9 Å². The third-order valence-corrected chi connectivity index (χ3v) is 4.52. The van der Waals surface area contributed by atoms with Crippen molar-refractivity contribution in [1.82, 2.24) is 15.2 Å². The van der Waals surface area contributed by atoms with E-state index in [1.807, 2.05) is 19.0 Å². The third kappa shape index (κ3) is 4.39. The molecular formula is C14H24N4O2S. The molecule has 0 aromatic carbocycles.